The van der Waals surface area contributed by atoms with Gasteiger partial charge in [-0.2, -0.15) is 23.4 Å². The van der Waals surface area contributed by atoms with Crippen LogP contribution in [0.25, 0.3) is 28.0 Å². The molecule has 1 unspecified atom stereocenters. The minimum absolute atomic E-state index is 0.166. The first-order valence-electron chi connectivity index (χ1n) is 10.5. The highest BCUT2D eigenvalue weighted by molar-refractivity contribution is 5.90. The molecule has 1 aromatic carbocycles. The number of fused-ring (bicyclic) bond motifs is 1. The van der Waals surface area contributed by atoms with Gasteiger partial charge in [-0.3, -0.25) is 9.48 Å². The van der Waals surface area contributed by atoms with Crippen molar-refractivity contribution in [3.63, 3.8) is 0 Å². The zero-order chi connectivity index (χ0) is 25.2. The Kier molecular flexibility index (Phi) is 6.40. The highest BCUT2D eigenvalue weighted by atomic mass is 19.4. The highest BCUT2D eigenvalue weighted by Crippen LogP contribution is 2.26. The van der Waals surface area contributed by atoms with Gasteiger partial charge < -0.3 is 16.0 Å². The Morgan fingerprint density at radius 3 is 2.57 bits per heavy atom. The number of likely N-dealkylation sites (N-methyl/N-ethyl adjacent to an activating group) is 1. The fourth-order valence-electron chi connectivity index (χ4n) is 3.37. The van der Waals surface area contributed by atoms with E-state index in [1.165, 1.54) is 0 Å². The van der Waals surface area contributed by atoms with Crippen molar-refractivity contribution in [2.75, 3.05) is 18.9 Å². The van der Waals surface area contributed by atoms with Crippen LogP contribution < -0.4 is 16.0 Å². The third kappa shape index (κ3) is 5.39. The molecule has 0 aliphatic rings. The van der Waals surface area contributed by atoms with Gasteiger partial charge in [-0.15, -0.1) is 0 Å². The molecule has 0 saturated carbocycles. The maximum absolute atomic E-state index is 12.3. The number of anilines is 1. The predicted octanol–water partition coefficient (Wildman–Crippen LogP) is 3.25. The van der Waals surface area contributed by atoms with Crippen LogP contribution in [0.15, 0.2) is 55.1 Å². The molecule has 0 radical (unpaired) electrons. The van der Waals surface area contributed by atoms with Crippen molar-refractivity contribution in [2.45, 2.75) is 19.1 Å². The van der Waals surface area contributed by atoms with Crippen LogP contribution in [-0.2, 0) is 4.79 Å². The molecule has 0 aliphatic heterocycles. The van der Waals surface area contributed by atoms with Crippen LogP contribution in [0.1, 0.15) is 13.0 Å². The second-order valence-electron chi connectivity index (χ2n) is 7.66. The molecule has 3 heterocycles. The van der Waals surface area contributed by atoms with E-state index in [1.807, 2.05) is 6.07 Å². The standard InChI is InChI=1S/C22H21F3N8O2/c1-13(20(34)26-2)32-11-16(9-29-32)15-7-19-27-10-18(33(19)30-8-15)14-4-3-5-17(6-14)31-21(35)28-12-22(23,24)25/h3-11,13H,12H2,1-2H3,(H,26,34)(H2,28,31,35). The Bertz CT molecular complexity index is 1380. The largest absolute Gasteiger partial charge is 0.405 e. The van der Waals surface area contributed by atoms with Crippen LogP contribution in [0, 0.1) is 0 Å². The van der Waals surface area contributed by atoms with Crippen LogP contribution in [0.3, 0.4) is 0 Å². The SMILES string of the molecule is CNC(=O)C(C)n1cc(-c2cnn3c(-c4cccc(NC(=O)NCC(F)(F)F)c4)cnc3c2)cn1. The van der Waals surface area contributed by atoms with Gasteiger partial charge in [-0.05, 0) is 25.1 Å². The number of carbonyl (C=O) groups is 2. The smallest absolute Gasteiger partial charge is 0.357 e. The summed E-state index contributed by atoms with van der Waals surface area (Å²) >= 11 is 0. The van der Waals surface area contributed by atoms with Crippen LogP contribution in [0.5, 0.6) is 0 Å². The molecule has 3 aromatic heterocycles. The van der Waals surface area contributed by atoms with Gasteiger partial charge in [-0.25, -0.2) is 14.3 Å². The molecule has 4 aromatic rings. The molecule has 0 bridgehead atoms. The molecule has 0 aliphatic carbocycles. The van der Waals surface area contributed by atoms with E-state index < -0.39 is 24.8 Å². The molecule has 3 N–H and O–H groups in total. The van der Waals surface area contributed by atoms with Gasteiger partial charge in [0.25, 0.3) is 0 Å². The Morgan fingerprint density at radius 2 is 1.83 bits per heavy atom. The Labute approximate surface area is 197 Å². The average Bonchev–Trinajstić information content (AvgIpc) is 3.48. The summed E-state index contributed by atoms with van der Waals surface area (Å²) in [5.74, 6) is -0.166. The molecule has 0 spiro atoms. The monoisotopic (exact) mass is 486 g/mol. The molecule has 182 valence electrons. The summed E-state index contributed by atoms with van der Waals surface area (Å²) in [5.41, 5.74) is 3.64. The van der Waals surface area contributed by atoms with Gasteiger partial charge in [0, 0.05) is 35.6 Å². The molecule has 1 atom stereocenters. The third-order valence-corrected chi connectivity index (χ3v) is 5.18. The highest BCUT2D eigenvalue weighted by Gasteiger charge is 2.27. The molecule has 4 rings (SSSR count). The Morgan fingerprint density at radius 1 is 1.06 bits per heavy atom. The van der Waals surface area contributed by atoms with Crippen molar-refractivity contribution >= 4 is 23.3 Å². The van der Waals surface area contributed by atoms with Gasteiger partial charge in [0.1, 0.15) is 12.6 Å². The summed E-state index contributed by atoms with van der Waals surface area (Å²) < 4.78 is 40.0. The van der Waals surface area contributed by atoms with Gasteiger partial charge in [-0.1, -0.05) is 12.1 Å². The van der Waals surface area contributed by atoms with Gasteiger partial charge in [0.05, 0.1) is 24.3 Å². The van der Waals surface area contributed by atoms with Gasteiger partial charge in [0.2, 0.25) is 5.91 Å². The lowest BCUT2D eigenvalue weighted by molar-refractivity contribution is -0.124. The van der Waals surface area contributed by atoms with Crippen molar-refractivity contribution in [1.29, 1.82) is 0 Å². The maximum Gasteiger partial charge on any atom is 0.405 e. The fraction of sp³-hybridized carbons (Fsp3) is 0.227. The van der Waals surface area contributed by atoms with E-state index in [4.69, 9.17) is 0 Å². The molecule has 3 amide bonds. The molecule has 13 heteroatoms. The van der Waals surface area contributed by atoms with E-state index in [2.05, 4.69) is 25.8 Å². The summed E-state index contributed by atoms with van der Waals surface area (Å²) in [5, 5.41) is 15.4. The number of alkyl halides is 3. The summed E-state index contributed by atoms with van der Waals surface area (Å²) in [7, 11) is 1.56. The predicted molar refractivity (Wildman–Crippen MR) is 121 cm³/mol. The normalized spacial score (nSPS) is 12.4. The maximum atomic E-state index is 12.3. The molecule has 35 heavy (non-hydrogen) atoms. The number of benzene rings is 1. The molecular weight excluding hydrogens is 465 g/mol. The topological polar surface area (TPSA) is 118 Å². The van der Waals surface area contributed by atoms with E-state index in [0.717, 1.165) is 11.1 Å². The Balaban J connectivity index is 1.54. The molecule has 0 saturated heterocycles. The zero-order valence-electron chi connectivity index (χ0n) is 18.7. The number of hydrogen-bond donors (Lipinski definition) is 3. The second kappa shape index (κ2) is 9.44. The first-order chi connectivity index (χ1) is 16.6. The summed E-state index contributed by atoms with van der Waals surface area (Å²) in [6, 6.07) is 6.97. The number of urea groups is 1. The van der Waals surface area contributed by atoms with E-state index >= 15 is 0 Å². The van der Waals surface area contributed by atoms with E-state index in [0.29, 0.717) is 22.6 Å². The number of halogens is 3. The quantitative estimate of drug-likeness (QED) is 0.387. The van der Waals surface area contributed by atoms with Crippen LogP contribution in [0.4, 0.5) is 23.7 Å². The van der Waals surface area contributed by atoms with Gasteiger partial charge in [0.15, 0.2) is 5.65 Å². The second-order valence-corrected chi connectivity index (χ2v) is 7.66. The van der Waals surface area contributed by atoms with Crippen molar-refractivity contribution in [3.8, 4) is 22.4 Å². The van der Waals surface area contributed by atoms with Crippen LogP contribution in [-0.4, -0.2) is 56.1 Å². The summed E-state index contributed by atoms with van der Waals surface area (Å²) in [6.45, 7) is 0.308. The number of imidazole rings is 1. The number of amides is 3. The number of nitrogens with one attached hydrogen (secondary N) is 3. The number of nitrogens with zero attached hydrogens (tertiary/aromatic N) is 5. The summed E-state index contributed by atoms with van der Waals surface area (Å²) in [4.78, 5) is 28.0. The minimum Gasteiger partial charge on any atom is -0.357 e. The zero-order valence-corrected chi connectivity index (χ0v) is 18.7. The average molecular weight is 486 g/mol. The lowest BCUT2D eigenvalue weighted by Gasteiger charge is -2.10. The lowest BCUT2D eigenvalue weighted by Crippen LogP contribution is -2.36. The Hall–Kier alpha value is -4.42. The molecule has 10 nitrogen and oxygen atoms in total. The lowest BCUT2D eigenvalue weighted by atomic mass is 10.1. The van der Waals surface area contributed by atoms with Crippen LogP contribution >= 0.6 is 0 Å². The first-order valence-corrected chi connectivity index (χ1v) is 10.5. The van der Waals surface area contributed by atoms with Crippen LogP contribution in [0.2, 0.25) is 0 Å². The van der Waals surface area contributed by atoms with E-state index in [1.54, 1.807) is 77.5 Å². The third-order valence-electron chi connectivity index (χ3n) is 5.18. The van der Waals surface area contributed by atoms with Crippen molar-refractivity contribution < 1.29 is 22.8 Å². The van der Waals surface area contributed by atoms with E-state index in [9.17, 15) is 22.8 Å². The van der Waals surface area contributed by atoms with Crippen molar-refractivity contribution in [2.24, 2.45) is 0 Å². The van der Waals surface area contributed by atoms with E-state index in [-0.39, 0.29) is 5.91 Å². The molecule has 0 fully saturated rings. The van der Waals surface area contributed by atoms with Gasteiger partial charge >= 0.3 is 12.2 Å². The summed E-state index contributed by atoms with van der Waals surface area (Å²) in [6.07, 6.45) is 2.12. The number of rotatable bonds is 6. The number of carbonyl (C=O) groups excluding carboxylic acids is 2. The minimum atomic E-state index is -4.50. The number of aromatic nitrogens is 5. The van der Waals surface area contributed by atoms with Crippen molar-refractivity contribution in [1.82, 2.24) is 35.0 Å². The van der Waals surface area contributed by atoms with Crippen molar-refractivity contribution in [3.05, 3.63) is 55.1 Å². The fourth-order valence-corrected chi connectivity index (χ4v) is 3.37. The molecular formula is C22H21F3N8O2. The number of hydrogen-bond acceptors (Lipinski definition) is 5. The first kappa shape index (κ1) is 23.7.